The molecule has 134 valence electrons. The minimum absolute atomic E-state index is 0.0232. The summed E-state index contributed by atoms with van der Waals surface area (Å²) in [7, 11) is 3.35. The van der Waals surface area contributed by atoms with Crippen LogP contribution in [0.5, 0.6) is 11.5 Å². The quantitative estimate of drug-likeness (QED) is 0.668. The normalized spacial score (nSPS) is 11.9. The highest BCUT2D eigenvalue weighted by molar-refractivity contribution is 5.77. The van der Waals surface area contributed by atoms with Gasteiger partial charge in [-0.3, -0.25) is 4.79 Å². The molecule has 0 bridgehead atoms. The Hall–Kier alpha value is -2.01. The zero-order valence-corrected chi connectivity index (χ0v) is 15.2. The molecule has 1 unspecified atom stereocenters. The fraction of sp³-hybridized carbons (Fsp3) is 0.526. The minimum Gasteiger partial charge on any atom is -0.493 e. The van der Waals surface area contributed by atoms with Crippen molar-refractivity contribution < 1.29 is 14.3 Å². The van der Waals surface area contributed by atoms with E-state index >= 15 is 0 Å². The molecular weight excluding hydrogens is 304 g/mol. The second kappa shape index (κ2) is 9.98. The van der Waals surface area contributed by atoms with Gasteiger partial charge in [0.2, 0.25) is 0 Å². The summed E-state index contributed by atoms with van der Waals surface area (Å²) < 4.78 is 11.0. The SMILES string of the molecule is C=CCc1ccc(OCC(=O)N(C)CCC(N)C(C)C)c(OC)c1. The van der Waals surface area contributed by atoms with E-state index in [4.69, 9.17) is 15.2 Å². The molecule has 1 atom stereocenters. The molecular formula is C19H30N2O3. The van der Waals surface area contributed by atoms with Gasteiger partial charge in [0.1, 0.15) is 0 Å². The van der Waals surface area contributed by atoms with Crippen molar-refractivity contribution in [2.45, 2.75) is 32.7 Å². The fourth-order valence-corrected chi connectivity index (χ4v) is 2.18. The van der Waals surface area contributed by atoms with Gasteiger partial charge in [0.25, 0.3) is 5.91 Å². The molecule has 5 nitrogen and oxygen atoms in total. The number of hydrogen-bond donors (Lipinski definition) is 1. The lowest BCUT2D eigenvalue weighted by atomic mass is 10.0. The Bertz CT molecular complexity index is 543. The van der Waals surface area contributed by atoms with Gasteiger partial charge in [0, 0.05) is 19.6 Å². The van der Waals surface area contributed by atoms with E-state index in [0.717, 1.165) is 18.4 Å². The van der Waals surface area contributed by atoms with Crippen LogP contribution in [0, 0.1) is 5.92 Å². The number of methoxy groups -OCH3 is 1. The first kappa shape index (κ1) is 20.0. The molecule has 0 aliphatic heterocycles. The van der Waals surface area contributed by atoms with Crippen LogP contribution in [0.4, 0.5) is 0 Å². The lowest BCUT2D eigenvalue weighted by Crippen LogP contribution is -2.36. The molecule has 0 saturated heterocycles. The molecule has 1 amide bonds. The lowest BCUT2D eigenvalue weighted by Gasteiger charge is -2.22. The molecule has 0 heterocycles. The number of allylic oxidation sites excluding steroid dienone is 1. The lowest BCUT2D eigenvalue weighted by molar-refractivity contribution is -0.132. The maximum absolute atomic E-state index is 12.2. The smallest absolute Gasteiger partial charge is 0.260 e. The average Bonchev–Trinajstić information content (AvgIpc) is 2.57. The van der Waals surface area contributed by atoms with E-state index in [2.05, 4.69) is 20.4 Å². The van der Waals surface area contributed by atoms with Gasteiger partial charge in [-0.1, -0.05) is 26.0 Å². The Kier molecular flexibility index (Phi) is 8.33. The van der Waals surface area contributed by atoms with Crippen molar-refractivity contribution in [3.63, 3.8) is 0 Å². The predicted octanol–water partition coefficient (Wildman–Crippen LogP) is 2.63. The number of nitrogens with two attached hydrogens (primary N) is 1. The molecule has 0 aromatic heterocycles. The Balaban J connectivity index is 2.55. The molecule has 0 fully saturated rings. The summed E-state index contributed by atoms with van der Waals surface area (Å²) in [6.07, 6.45) is 3.36. The van der Waals surface area contributed by atoms with Crippen LogP contribution < -0.4 is 15.2 Å². The molecule has 0 spiro atoms. The van der Waals surface area contributed by atoms with E-state index < -0.39 is 0 Å². The van der Waals surface area contributed by atoms with Gasteiger partial charge in [0.05, 0.1) is 7.11 Å². The molecule has 2 N–H and O–H groups in total. The van der Waals surface area contributed by atoms with Gasteiger partial charge in [-0.25, -0.2) is 0 Å². The highest BCUT2D eigenvalue weighted by atomic mass is 16.5. The molecule has 1 aromatic carbocycles. The number of likely N-dealkylation sites (N-methyl/N-ethyl adjacent to an activating group) is 1. The number of rotatable bonds is 10. The Morgan fingerprint density at radius 3 is 2.67 bits per heavy atom. The van der Waals surface area contributed by atoms with Crippen molar-refractivity contribution >= 4 is 5.91 Å². The molecule has 0 aliphatic carbocycles. The first-order chi connectivity index (χ1) is 11.4. The highest BCUT2D eigenvalue weighted by Crippen LogP contribution is 2.28. The summed E-state index contributed by atoms with van der Waals surface area (Å²) in [6.45, 7) is 8.48. The summed E-state index contributed by atoms with van der Waals surface area (Å²) in [5, 5.41) is 0. The second-order valence-electron chi connectivity index (χ2n) is 6.28. The van der Waals surface area contributed by atoms with Crippen LogP contribution in [0.3, 0.4) is 0 Å². The number of carbonyl (C=O) groups excluding carboxylic acids is 1. The van der Waals surface area contributed by atoms with Crippen LogP contribution in [0.2, 0.25) is 0 Å². The van der Waals surface area contributed by atoms with Crippen molar-refractivity contribution in [1.29, 1.82) is 0 Å². The molecule has 0 aliphatic rings. The van der Waals surface area contributed by atoms with E-state index in [1.54, 1.807) is 19.1 Å². The van der Waals surface area contributed by atoms with Crippen LogP contribution in [-0.2, 0) is 11.2 Å². The van der Waals surface area contributed by atoms with Crippen LogP contribution >= 0.6 is 0 Å². The van der Waals surface area contributed by atoms with Crippen LogP contribution in [0.15, 0.2) is 30.9 Å². The third-order valence-electron chi connectivity index (χ3n) is 4.04. The van der Waals surface area contributed by atoms with Crippen LogP contribution in [0.1, 0.15) is 25.8 Å². The monoisotopic (exact) mass is 334 g/mol. The molecule has 1 rings (SSSR count). The van der Waals surface area contributed by atoms with E-state index in [0.29, 0.717) is 24.0 Å². The highest BCUT2D eigenvalue weighted by Gasteiger charge is 2.14. The number of nitrogens with zero attached hydrogens (tertiary/aromatic N) is 1. The standard InChI is InChI=1S/C19H30N2O3/c1-6-7-15-8-9-17(18(12-15)23-5)24-13-19(22)21(4)11-10-16(20)14(2)3/h6,8-9,12,14,16H,1,7,10-11,13,20H2,2-5H3. The van der Waals surface area contributed by atoms with E-state index in [1.165, 1.54) is 0 Å². The maximum Gasteiger partial charge on any atom is 0.260 e. The largest absolute Gasteiger partial charge is 0.493 e. The van der Waals surface area contributed by atoms with Crippen LogP contribution in [-0.4, -0.2) is 44.2 Å². The van der Waals surface area contributed by atoms with Gasteiger partial charge in [-0.05, 0) is 36.5 Å². The molecule has 24 heavy (non-hydrogen) atoms. The zero-order valence-electron chi connectivity index (χ0n) is 15.2. The van der Waals surface area contributed by atoms with Crippen molar-refractivity contribution in [1.82, 2.24) is 4.90 Å². The summed E-state index contributed by atoms with van der Waals surface area (Å²) >= 11 is 0. The minimum atomic E-state index is -0.0804. The molecule has 0 saturated carbocycles. The molecule has 0 radical (unpaired) electrons. The van der Waals surface area contributed by atoms with E-state index in [-0.39, 0.29) is 18.6 Å². The first-order valence-corrected chi connectivity index (χ1v) is 8.29. The summed E-state index contributed by atoms with van der Waals surface area (Å²) in [5.74, 6) is 1.50. The van der Waals surface area contributed by atoms with Crippen LogP contribution in [0.25, 0.3) is 0 Å². The number of amides is 1. The maximum atomic E-state index is 12.2. The van der Waals surface area contributed by atoms with Gasteiger partial charge in [-0.15, -0.1) is 6.58 Å². The first-order valence-electron chi connectivity index (χ1n) is 8.29. The summed E-state index contributed by atoms with van der Waals surface area (Å²) in [6, 6.07) is 5.75. The Labute approximate surface area is 145 Å². The Morgan fingerprint density at radius 1 is 1.38 bits per heavy atom. The average molecular weight is 334 g/mol. The van der Waals surface area contributed by atoms with Crippen molar-refractivity contribution in [2.24, 2.45) is 11.7 Å². The second-order valence-corrected chi connectivity index (χ2v) is 6.28. The van der Waals surface area contributed by atoms with Crippen molar-refractivity contribution in [3.05, 3.63) is 36.4 Å². The number of hydrogen-bond acceptors (Lipinski definition) is 4. The van der Waals surface area contributed by atoms with Gasteiger partial charge in [-0.2, -0.15) is 0 Å². The Morgan fingerprint density at radius 2 is 2.08 bits per heavy atom. The van der Waals surface area contributed by atoms with Gasteiger partial charge in [0.15, 0.2) is 18.1 Å². The van der Waals surface area contributed by atoms with E-state index in [1.807, 2.05) is 24.3 Å². The number of benzene rings is 1. The van der Waals surface area contributed by atoms with Crippen molar-refractivity contribution in [3.8, 4) is 11.5 Å². The zero-order chi connectivity index (χ0) is 18.1. The van der Waals surface area contributed by atoms with Gasteiger partial charge < -0.3 is 20.1 Å². The molecule has 1 aromatic rings. The topological polar surface area (TPSA) is 64.8 Å². The van der Waals surface area contributed by atoms with E-state index in [9.17, 15) is 4.79 Å². The number of carbonyl (C=O) groups is 1. The third-order valence-corrected chi connectivity index (χ3v) is 4.04. The fourth-order valence-electron chi connectivity index (χ4n) is 2.18. The van der Waals surface area contributed by atoms with Crippen molar-refractivity contribution in [2.75, 3.05) is 27.3 Å². The number of ether oxygens (including phenoxy) is 2. The predicted molar refractivity (Wildman–Crippen MR) is 97.5 cm³/mol. The van der Waals surface area contributed by atoms with Gasteiger partial charge >= 0.3 is 0 Å². The molecule has 5 heteroatoms. The summed E-state index contributed by atoms with van der Waals surface area (Å²) in [5.41, 5.74) is 7.10. The summed E-state index contributed by atoms with van der Waals surface area (Å²) in [4.78, 5) is 13.8. The third kappa shape index (κ3) is 6.24.